The van der Waals surface area contributed by atoms with E-state index in [0.29, 0.717) is 11.3 Å². The maximum absolute atomic E-state index is 12.3. The second-order valence-electron chi connectivity index (χ2n) is 5.15. The van der Waals surface area contributed by atoms with Gasteiger partial charge in [-0.25, -0.2) is 0 Å². The summed E-state index contributed by atoms with van der Waals surface area (Å²) in [5.41, 5.74) is 1.74. The predicted octanol–water partition coefficient (Wildman–Crippen LogP) is 2.72. The van der Waals surface area contributed by atoms with Crippen molar-refractivity contribution in [3.05, 3.63) is 64.1 Å². The van der Waals surface area contributed by atoms with E-state index in [-0.39, 0.29) is 18.9 Å². The second-order valence-corrected chi connectivity index (χ2v) is 6.06. The Kier molecular flexibility index (Phi) is 4.61. The van der Waals surface area contributed by atoms with E-state index >= 15 is 0 Å². The van der Waals surface area contributed by atoms with Crippen LogP contribution in [0.3, 0.4) is 0 Å². The lowest BCUT2D eigenvalue weighted by Gasteiger charge is -2.16. The number of oxime groups is 1. The average molecular weight is 389 g/mol. The van der Waals surface area contributed by atoms with Crippen molar-refractivity contribution in [2.75, 3.05) is 11.4 Å². The number of esters is 1. The number of fused-ring (bicyclic) bond motifs is 1. The molecule has 0 atom stereocenters. The van der Waals surface area contributed by atoms with Crippen molar-refractivity contribution in [1.82, 2.24) is 0 Å². The van der Waals surface area contributed by atoms with Gasteiger partial charge in [-0.05, 0) is 23.8 Å². The van der Waals surface area contributed by atoms with E-state index in [1.165, 1.54) is 4.90 Å². The van der Waals surface area contributed by atoms with Gasteiger partial charge in [0, 0.05) is 10.0 Å². The number of carbonyl (C=O) groups is 2. The lowest BCUT2D eigenvalue weighted by Crippen LogP contribution is -2.35. The number of amides is 1. The Balaban J connectivity index is 1.73. The van der Waals surface area contributed by atoms with E-state index in [0.717, 1.165) is 10.0 Å². The minimum atomic E-state index is -0.541. The summed E-state index contributed by atoms with van der Waals surface area (Å²) in [7, 11) is 0. The molecular weight excluding hydrogens is 376 g/mol. The second kappa shape index (κ2) is 6.84. The zero-order valence-corrected chi connectivity index (χ0v) is 14.1. The molecule has 0 aromatic heterocycles. The van der Waals surface area contributed by atoms with Gasteiger partial charge in [0.2, 0.25) is 0 Å². The van der Waals surface area contributed by atoms with Crippen LogP contribution in [-0.4, -0.2) is 29.3 Å². The van der Waals surface area contributed by atoms with Gasteiger partial charge in [-0.3, -0.25) is 14.5 Å². The van der Waals surface area contributed by atoms with Crippen molar-refractivity contribution >= 4 is 39.2 Å². The number of ether oxygens (including phenoxy) is 1. The molecule has 1 N–H and O–H groups in total. The summed E-state index contributed by atoms with van der Waals surface area (Å²) >= 11 is 3.30. The lowest BCUT2D eigenvalue weighted by atomic mass is 10.1. The van der Waals surface area contributed by atoms with Crippen LogP contribution in [0, 0.1) is 0 Å². The zero-order valence-electron chi connectivity index (χ0n) is 12.5. The molecule has 2 aromatic carbocycles. The largest absolute Gasteiger partial charge is 0.459 e. The lowest BCUT2D eigenvalue weighted by molar-refractivity contribution is -0.143. The molecule has 1 aliphatic rings. The molecule has 0 fully saturated rings. The van der Waals surface area contributed by atoms with Crippen LogP contribution in [-0.2, 0) is 20.9 Å². The van der Waals surface area contributed by atoms with Crippen LogP contribution in [0.2, 0.25) is 0 Å². The molecular formula is C17H13BrN2O4. The molecule has 1 amide bonds. The van der Waals surface area contributed by atoms with Crippen LogP contribution >= 0.6 is 15.9 Å². The fourth-order valence-electron chi connectivity index (χ4n) is 2.45. The zero-order chi connectivity index (χ0) is 17.1. The van der Waals surface area contributed by atoms with Gasteiger partial charge in [0.05, 0.1) is 5.69 Å². The van der Waals surface area contributed by atoms with Gasteiger partial charge < -0.3 is 9.94 Å². The number of halogens is 1. The Bertz CT molecular complexity index is 821. The third kappa shape index (κ3) is 3.16. The van der Waals surface area contributed by atoms with Gasteiger partial charge in [-0.1, -0.05) is 51.4 Å². The highest BCUT2D eigenvalue weighted by atomic mass is 79.9. The highest BCUT2D eigenvalue weighted by Crippen LogP contribution is 2.31. The first-order valence-electron chi connectivity index (χ1n) is 7.13. The van der Waals surface area contributed by atoms with Crippen LogP contribution in [0.25, 0.3) is 0 Å². The third-order valence-corrected chi connectivity index (χ3v) is 4.08. The molecule has 0 aliphatic carbocycles. The van der Waals surface area contributed by atoms with Crippen molar-refractivity contribution < 1.29 is 19.5 Å². The molecule has 2 aromatic rings. The van der Waals surface area contributed by atoms with Crippen molar-refractivity contribution in [3.63, 3.8) is 0 Å². The SMILES string of the molecule is O=C(CN1C(=O)/C(=N\O)c2cc(Br)ccc21)OCc1ccccc1. The molecule has 0 spiro atoms. The van der Waals surface area contributed by atoms with Gasteiger partial charge in [0.15, 0.2) is 5.71 Å². The molecule has 24 heavy (non-hydrogen) atoms. The molecule has 6 nitrogen and oxygen atoms in total. The fourth-order valence-corrected chi connectivity index (χ4v) is 2.81. The van der Waals surface area contributed by atoms with Crippen LogP contribution in [0.5, 0.6) is 0 Å². The first-order valence-corrected chi connectivity index (χ1v) is 7.93. The number of rotatable bonds is 4. The average Bonchev–Trinajstić information content (AvgIpc) is 2.84. The predicted molar refractivity (Wildman–Crippen MR) is 91.1 cm³/mol. The first kappa shape index (κ1) is 16.2. The third-order valence-electron chi connectivity index (χ3n) is 3.58. The van der Waals surface area contributed by atoms with Gasteiger partial charge in [-0.2, -0.15) is 0 Å². The molecule has 0 bridgehead atoms. The number of benzene rings is 2. The van der Waals surface area contributed by atoms with Crippen LogP contribution in [0.1, 0.15) is 11.1 Å². The van der Waals surface area contributed by atoms with E-state index in [1.54, 1.807) is 18.2 Å². The highest BCUT2D eigenvalue weighted by Gasteiger charge is 2.36. The minimum absolute atomic E-state index is 0.0952. The van der Waals surface area contributed by atoms with Crippen molar-refractivity contribution in [2.45, 2.75) is 6.61 Å². The first-order chi connectivity index (χ1) is 11.6. The maximum atomic E-state index is 12.3. The summed E-state index contributed by atoms with van der Waals surface area (Å²) in [5, 5.41) is 12.1. The summed E-state index contributed by atoms with van der Waals surface area (Å²) in [6.07, 6.45) is 0. The van der Waals surface area contributed by atoms with Crippen molar-refractivity contribution in [1.29, 1.82) is 0 Å². The van der Waals surface area contributed by atoms with Gasteiger partial charge >= 0.3 is 5.97 Å². The van der Waals surface area contributed by atoms with E-state index in [2.05, 4.69) is 21.1 Å². The topological polar surface area (TPSA) is 79.2 Å². The summed E-state index contributed by atoms with van der Waals surface area (Å²) in [5.74, 6) is -1.08. The van der Waals surface area contributed by atoms with Gasteiger partial charge in [0.1, 0.15) is 13.2 Å². The van der Waals surface area contributed by atoms with E-state index in [4.69, 9.17) is 9.94 Å². The molecule has 1 aliphatic heterocycles. The number of hydrogen-bond acceptors (Lipinski definition) is 5. The minimum Gasteiger partial charge on any atom is -0.459 e. The normalized spacial score (nSPS) is 14.8. The molecule has 122 valence electrons. The van der Waals surface area contributed by atoms with E-state index in [1.807, 2.05) is 30.3 Å². The molecule has 0 saturated carbocycles. The van der Waals surface area contributed by atoms with Crippen LogP contribution in [0.4, 0.5) is 5.69 Å². The number of carbonyl (C=O) groups excluding carboxylic acids is 2. The van der Waals surface area contributed by atoms with E-state index in [9.17, 15) is 9.59 Å². The fraction of sp³-hybridized carbons (Fsp3) is 0.118. The van der Waals surface area contributed by atoms with Gasteiger partial charge in [-0.15, -0.1) is 0 Å². The number of anilines is 1. The molecule has 3 rings (SSSR count). The maximum Gasteiger partial charge on any atom is 0.326 e. The smallest absolute Gasteiger partial charge is 0.326 e. The number of hydrogen-bond donors (Lipinski definition) is 1. The molecule has 0 radical (unpaired) electrons. The Morgan fingerprint density at radius 2 is 1.96 bits per heavy atom. The monoisotopic (exact) mass is 388 g/mol. The van der Waals surface area contributed by atoms with E-state index < -0.39 is 11.9 Å². The van der Waals surface area contributed by atoms with Crippen molar-refractivity contribution in [2.24, 2.45) is 5.16 Å². The highest BCUT2D eigenvalue weighted by molar-refractivity contribution is 9.10. The summed E-state index contributed by atoms with van der Waals surface area (Å²) in [6, 6.07) is 14.4. The standard InChI is InChI=1S/C17H13BrN2O4/c18-12-6-7-14-13(8-12)16(19-23)17(22)20(14)9-15(21)24-10-11-4-2-1-3-5-11/h1-8,23H,9-10H2/b19-16-. The Morgan fingerprint density at radius 3 is 2.67 bits per heavy atom. The molecule has 0 saturated heterocycles. The Labute approximate surface area is 146 Å². The Hall–Kier alpha value is -2.67. The summed E-state index contributed by atoms with van der Waals surface area (Å²) < 4.78 is 5.94. The summed E-state index contributed by atoms with van der Waals surface area (Å²) in [6.45, 7) is -0.116. The quantitative estimate of drug-likeness (QED) is 0.496. The molecule has 7 heteroatoms. The Morgan fingerprint density at radius 1 is 1.21 bits per heavy atom. The molecule has 1 heterocycles. The van der Waals surface area contributed by atoms with Gasteiger partial charge in [0.25, 0.3) is 5.91 Å². The van der Waals surface area contributed by atoms with Crippen LogP contribution < -0.4 is 4.90 Å². The summed E-state index contributed by atoms with van der Waals surface area (Å²) in [4.78, 5) is 25.6. The van der Waals surface area contributed by atoms with Crippen LogP contribution in [0.15, 0.2) is 58.2 Å². The number of nitrogens with zero attached hydrogens (tertiary/aromatic N) is 2. The van der Waals surface area contributed by atoms with Crippen molar-refractivity contribution in [3.8, 4) is 0 Å². The molecule has 0 unspecified atom stereocenters.